The summed E-state index contributed by atoms with van der Waals surface area (Å²) in [6, 6.07) is 2.84. The Kier molecular flexibility index (Phi) is 5.59. The van der Waals surface area contributed by atoms with Gasteiger partial charge in [-0.05, 0) is 26.0 Å². The quantitative estimate of drug-likeness (QED) is 0.600. The van der Waals surface area contributed by atoms with Gasteiger partial charge in [0.05, 0.1) is 24.9 Å². The molecule has 3 aromatic rings. The lowest BCUT2D eigenvalue weighted by Crippen LogP contribution is -2.54. The second-order valence-electron chi connectivity index (χ2n) is 7.76. The summed E-state index contributed by atoms with van der Waals surface area (Å²) in [5.74, 6) is 0.524. The standard InChI is InChI=1S/C19H19ClF3N7O2/c1-18(2)10-32-6-5-29(18)16-12(9-25-15-8-14(20)28-30(15)16)27-17(31)26-11-3-4-24-13(7-11)19(21,22)23/h3-4,7-9H,5-6,10H2,1-2H3,(H2,24,26,27,31). The number of hydrogen-bond acceptors (Lipinski definition) is 6. The number of amides is 2. The van der Waals surface area contributed by atoms with Gasteiger partial charge in [-0.3, -0.25) is 4.98 Å². The van der Waals surface area contributed by atoms with E-state index < -0.39 is 23.4 Å². The van der Waals surface area contributed by atoms with Crippen LogP contribution in [0.1, 0.15) is 19.5 Å². The number of carbonyl (C=O) groups excluding carboxylic acids is 1. The van der Waals surface area contributed by atoms with Crippen LogP contribution in [0.15, 0.2) is 30.6 Å². The van der Waals surface area contributed by atoms with Crippen LogP contribution in [0.2, 0.25) is 5.15 Å². The number of nitrogens with one attached hydrogen (secondary N) is 2. The molecular formula is C19H19ClF3N7O2. The van der Waals surface area contributed by atoms with Crippen molar-refractivity contribution in [2.75, 3.05) is 35.3 Å². The van der Waals surface area contributed by atoms with E-state index in [-0.39, 0.29) is 10.8 Å². The number of fused-ring (bicyclic) bond motifs is 1. The molecular weight excluding hydrogens is 451 g/mol. The maximum absolute atomic E-state index is 12.9. The Labute approximate surface area is 185 Å². The molecule has 0 aliphatic carbocycles. The summed E-state index contributed by atoms with van der Waals surface area (Å²) in [6.45, 7) is 5.37. The molecule has 32 heavy (non-hydrogen) atoms. The SMILES string of the molecule is CC1(C)COCCN1c1c(NC(=O)Nc2ccnc(C(F)(F)F)c2)cnc2cc(Cl)nn12. The lowest BCUT2D eigenvalue weighted by molar-refractivity contribution is -0.141. The van der Waals surface area contributed by atoms with E-state index in [9.17, 15) is 18.0 Å². The first-order valence-corrected chi connectivity index (χ1v) is 9.93. The van der Waals surface area contributed by atoms with Crippen LogP contribution in [0.4, 0.5) is 35.2 Å². The van der Waals surface area contributed by atoms with Gasteiger partial charge in [-0.15, -0.1) is 0 Å². The van der Waals surface area contributed by atoms with Crippen LogP contribution >= 0.6 is 11.6 Å². The number of rotatable bonds is 3. The maximum Gasteiger partial charge on any atom is 0.433 e. The molecule has 0 atom stereocenters. The molecule has 0 bridgehead atoms. The highest BCUT2D eigenvalue weighted by molar-refractivity contribution is 6.29. The maximum atomic E-state index is 12.9. The van der Waals surface area contributed by atoms with E-state index in [1.54, 1.807) is 6.07 Å². The lowest BCUT2D eigenvalue weighted by atomic mass is 10.0. The van der Waals surface area contributed by atoms with Crippen molar-refractivity contribution < 1.29 is 22.7 Å². The van der Waals surface area contributed by atoms with E-state index in [1.807, 2.05) is 18.7 Å². The molecule has 0 spiro atoms. The number of halogens is 4. The Hall–Kier alpha value is -3.12. The second kappa shape index (κ2) is 8.10. The zero-order chi connectivity index (χ0) is 23.1. The topological polar surface area (TPSA) is 96.7 Å². The third-order valence-corrected chi connectivity index (χ3v) is 5.07. The van der Waals surface area contributed by atoms with Crippen LogP contribution in [0, 0.1) is 0 Å². The minimum atomic E-state index is -4.63. The van der Waals surface area contributed by atoms with Gasteiger partial charge in [0.15, 0.2) is 16.6 Å². The Morgan fingerprint density at radius 2 is 2.03 bits per heavy atom. The number of urea groups is 1. The molecule has 4 rings (SSSR count). The van der Waals surface area contributed by atoms with Gasteiger partial charge in [-0.1, -0.05) is 11.6 Å². The number of nitrogens with zero attached hydrogens (tertiary/aromatic N) is 5. The molecule has 13 heteroatoms. The fourth-order valence-corrected chi connectivity index (χ4v) is 3.61. The highest BCUT2D eigenvalue weighted by atomic mass is 35.5. The van der Waals surface area contributed by atoms with Crippen LogP contribution in [-0.4, -0.2) is 50.9 Å². The Balaban J connectivity index is 1.67. The molecule has 170 valence electrons. The van der Waals surface area contributed by atoms with E-state index in [0.717, 1.165) is 12.3 Å². The highest BCUT2D eigenvalue weighted by Gasteiger charge is 2.35. The first kappa shape index (κ1) is 22.1. The van der Waals surface area contributed by atoms with E-state index in [0.29, 0.717) is 36.9 Å². The molecule has 0 saturated carbocycles. The first-order valence-electron chi connectivity index (χ1n) is 9.55. The lowest BCUT2D eigenvalue weighted by Gasteiger charge is -2.44. The average molecular weight is 470 g/mol. The summed E-state index contributed by atoms with van der Waals surface area (Å²) < 4.78 is 45.8. The summed E-state index contributed by atoms with van der Waals surface area (Å²) >= 11 is 6.07. The minimum Gasteiger partial charge on any atom is -0.377 e. The molecule has 3 aromatic heterocycles. The van der Waals surface area contributed by atoms with Crippen molar-refractivity contribution in [2.45, 2.75) is 25.6 Å². The van der Waals surface area contributed by atoms with Crippen molar-refractivity contribution in [1.82, 2.24) is 19.6 Å². The van der Waals surface area contributed by atoms with E-state index in [1.165, 1.54) is 16.8 Å². The number of anilines is 3. The smallest absolute Gasteiger partial charge is 0.377 e. The molecule has 2 amide bonds. The zero-order valence-corrected chi connectivity index (χ0v) is 17.8. The summed E-state index contributed by atoms with van der Waals surface area (Å²) in [4.78, 5) is 22.2. The number of hydrogen-bond donors (Lipinski definition) is 2. The summed E-state index contributed by atoms with van der Waals surface area (Å²) in [7, 11) is 0. The largest absolute Gasteiger partial charge is 0.433 e. The van der Waals surface area contributed by atoms with Gasteiger partial charge in [0.1, 0.15) is 11.4 Å². The average Bonchev–Trinajstić information content (AvgIpc) is 3.08. The van der Waals surface area contributed by atoms with E-state index >= 15 is 0 Å². The monoisotopic (exact) mass is 469 g/mol. The summed E-state index contributed by atoms with van der Waals surface area (Å²) in [5, 5.41) is 9.54. The number of aromatic nitrogens is 4. The third-order valence-electron chi connectivity index (χ3n) is 4.89. The predicted octanol–water partition coefficient (Wildman–Crippen LogP) is 4.06. The predicted molar refractivity (Wildman–Crippen MR) is 112 cm³/mol. The highest BCUT2D eigenvalue weighted by Crippen LogP contribution is 2.34. The van der Waals surface area contributed by atoms with Gasteiger partial charge in [0.2, 0.25) is 0 Å². The zero-order valence-electron chi connectivity index (χ0n) is 17.1. The Morgan fingerprint density at radius 1 is 1.25 bits per heavy atom. The normalized spacial score (nSPS) is 16.2. The van der Waals surface area contributed by atoms with Crippen molar-refractivity contribution in [3.05, 3.63) is 41.4 Å². The fourth-order valence-electron chi connectivity index (χ4n) is 3.44. The van der Waals surface area contributed by atoms with Gasteiger partial charge in [-0.25, -0.2) is 9.78 Å². The van der Waals surface area contributed by atoms with Gasteiger partial charge in [0, 0.05) is 24.5 Å². The van der Waals surface area contributed by atoms with Gasteiger partial charge in [0.25, 0.3) is 0 Å². The molecule has 4 heterocycles. The molecule has 1 aliphatic heterocycles. The van der Waals surface area contributed by atoms with Crippen molar-refractivity contribution >= 4 is 40.5 Å². The Bertz CT molecular complexity index is 1170. The van der Waals surface area contributed by atoms with Crippen LogP contribution in [0.25, 0.3) is 5.65 Å². The number of pyridine rings is 1. The molecule has 1 aliphatic rings. The van der Waals surface area contributed by atoms with Crippen molar-refractivity contribution in [2.24, 2.45) is 0 Å². The molecule has 1 saturated heterocycles. The minimum absolute atomic E-state index is 0.0609. The number of alkyl halides is 3. The number of morpholine rings is 1. The van der Waals surface area contributed by atoms with Gasteiger partial charge >= 0.3 is 12.2 Å². The summed E-state index contributed by atoms with van der Waals surface area (Å²) in [6.07, 6.45) is -2.21. The second-order valence-corrected chi connectivity index (χ2v) is 8.14. The van der Waals surface area contributed by atoms with Crippen molar-refractivity contribution in [3.63, 3.8) is 0 Å². The van der Waals surface area contributed by atoms with Crippen LogP contribution in [0.5, 0.6) is 0 Å². The molecule has 1 fully saturated rings. The van der Waals surface area contributed by atoms with E-state index in [4.69, 9.17) is 16.3 Å². The molecule has 0 radical (unpaired) electrons. The van der Waals surface area contributed by atoms with E-state index in [2.05, 4.69) is 25.7 Å². The molecule has 9 nitrogen and oxygen atoms in total. The molecule has 0 aromatic carbocycles. The van der Waals surface area contributed by atoms with Crippen molar-refractivity contribution in [3.8, 4) is 0 Å². The number of ether oxygens (including phenoxy) is 1. The van der Waals surface area contributed by atoms with Crippen LogP contribution < -0.4 is 15.5 Å². The van der Waals surface area contributed by atoms with Crippen LogP contribution in [-0.2, 0) is 10.9 Å². The van der Waals surface area contributed by atoms with Gasteiger partial charge in [-0.2, -0.15) is 22.8 Å². The Morgan fingerprint density at radius 3 is 2.75 bits per heavy atom. The van der Waals surface area contributed by atoms with Crippen molar-refractivity contribution in [1.29, 1.82) is 0 Å². The molecule has 0 unspecified atom stereocenters. The first-order chi connectivity index (χ1) is 15.0. The van der Waals surface area contributed by atoms with Gasteiger partial charge < -0.3 is 20.3 Å². The number of carbonyl (C=O) groups is 1. The van der Waals surface area contributed by atoms with Crippen LogP contribution in [0.3, 0.4) is 0 Å². The fraction of sp³-hybridized carbons (Fsp3) is 0.368. The summed E-state index contributed by atoms with van der Waals surface area (Å²) in [5.41, 5.74) is -0.837. The molecule has 2 N–H and O–H groups in total. The third kappa shape index (κ3) is 4.41.